The summed E-state index contributed by atoms with van der Waals surface area (Å²) >= 11 is 0. The molecule has 0 atom stereocenters. The van der Waals surface area contributed by atoms with E-state index in [1.165, 1.54) is 6.08 Å². The zero-order valence-corrected chi connectivity index (χ0v) is 13.4. The van der Waals surface area contributed by atoms with Crippen molar-refractivity contribution < 1.29 is 9.90 Å². The van der Waals surface area contributed by atoms with Crippen LogP contribution in [0.15, 0.2) is 48.8 Å². The maximum Gasteiger partial charge on any atom is 0.248 e. The highest BCUT2D eigenvalue weighted by molar-refractivity contribution is 6.01. The number of aryl methyl sites for hydroxylation is 1. The molecule has 0 aliphatic heterocycles. The first-order valence-corrected chi connectivity index (χ1v) is 7.41. The second-order valence-electron chi connectivity index (χ2n) is 5.31. The first-order chi connectivity index (χ1) is 11.1. The molecule has 0 aliphatic rings. The lowest BCUT2D eigenvalue weighted by Crippen LogP contribution is -2.20. The van der Waals surface area contributed by atoms with E-state index in [1.54, 1.807) is 18.5 Å². The van der Waals surface area contributed by atoms with Gasteiger partial charge in [-0.05, 0) is 54.5 Å². The third-order valence-electron chi connectivity index (χ3n) is 3.33. The molecule has 1 aromatic carbocycles. The summed E-state index contributed by atoms with van der Waals surface area (Å²) < 4.78 is 0. The Hall–Kier alpha value is -2.66. The van der Waals surface area contributed by atoms with Crippen LogP contribution >= 0.6 is 0 Å². The number of pyridine rings is 1. The van der Waals surface area contributed by atoms with Gasteiger partial charge < -0.3 is 15.3 Å². The number of aliphatic hydroxyl groups excluding tert-OH is 1. The largest absolute Gasteiger partial charge is 0.395 e. The van der Waals surface area contributed by atoms with Crippen molar-refractivity contribution in [2.24, 2.45) is 0 Å². The number of aliphatic hydroxyl groups is 1. The van der Waals surface area contributed by atoms with Crippen molar-refractivity contribution in [3.63, 3.8) is 0 Å². The summed E-state index contributed by atoms with van der Waals surface area (Å²) in [5.41, 5.74) is 3.65. The van der Waals surface area contributed by atoms with Gasteiger partial charge in [0.1, 0.15) is 0 Å². The van der Waals surface area contributed by atoms with E-state index >= 15 is 0 Å². The molecule has 0 saturated heterocycles. The summed E-state index contributed by atoms with van der Waals surface area (Å²) in [6.07, 6.45) is 6.70. The summed E-state index contributed by atoms with van der Waals surface area (Å²) in [7, 11) is 1.91. The van der Waals surface area contributed by atoms with Crippen LogP contribution in [0.3, 0.4) is 0 Å². The minimum Gasteiger partial charge on any atom is -0.395 e. The first kappa shape index (κ1) is 16.7. The molecule has 0 unspecified atom stereocenters. The molecule has 2 rings (SSSR count). The molecule has 0 bridgehead atoms. The molecule has 0 aliphatic carbocycles. The smallest absolute Gasteiger partial charge is 0.248 e. The van der Waals surface area contributed by atoms with Gasteiger partial charge in [0, 0.05) is 43.4 Å². The van der Waals surface area contributed by atoms with Crippen molar-refractivity contribution in [2.45, 2.75) is 6.92 Å². The predicted molar refractivity (Wildman–Crippen MR) is 93.4 cm³/mol. The molecule has 0 fully saturated rings. The van der Waals surface area contributed by atoms with Gasteiger partial charge in [-0.3, -0.25) is 9.78 Å². The van der Waals surface area contributed by atoms with Gasteiger partial charge in [-0.25, -0.2) is 0 Å². The van der Waals surface area contributed by atoms with Crippen molar-refractivity contribution in [1.82, 2.24) is 4.98 Å². The van der Waals surface area contributed by atoms with Crippen LogP contribution in [0.1, 0.15) is 11.1 Å². The van der Waals surface area contributed by atoms with Crippen molar-refractivity contribution in [1.29, 1.82) is 0 Å². The lowest BCUT2D eigenvalue weighted by Gasteiger charge is -2.18. The van der Waals surface area contributed by atoms with Crippen LogP contribution in [0.2, 0.25) is 0 Å². The molecule has 0 saturated carbocycles. The molecule has 5 heteroatoms. The minimum absolute atomic E-state index is 0.105. The average molecular weight is 311 g/mol. The number of hydrogen-bond acceptors (Lipinski definition) is 4. The van der Waals surface area contributed by atoms with E-state index in [-0.39, 0.29) is 12.5 Å². The monoisotopic (exact) mass is 311 g/mol. The summed E-state index contributed by atoms with van der Waals surface area (Å²) in [5, 5.41) is 11.7. The Balaban J connectivity index is 1.95. The first-order valence-electron chi connectivity index (χ1n) is 7.41. The molecule has 2 N–H and O–H groups in total. The van der Waals surface area contributed by atoms with Gasteiger partial charge in [0.15, 0.2) is 0 Å². The fraction of sp³-hybridized carbons (Fsp3) is 0.222. The van der Waals surface area contributed by atoms with E-state index in [0.717, 1.165) is 22.5 Å². The number of anilines is 2. The lowest BCUT2D eigenvalue weighted by atomic mass is 10.2. The molecule has 5 nitrogen and oxygen atoms in total. The third-order valence-corrected chi connectivity index (χ3v) is 3.33. The molecule has 1 aromatic heterocycles. The molecule has 23 heavy (non-hydrogen) atoms. The number of amides is 1. The van der Waals surface area contributed by atoms with Gasteiger partial charge in [0.2, 0.25) is 5.91 Å². The summed E-state index contributed by atoms with van der Waals surface area (Å²) in [6.45, 7) is 2.63. The molecule has 0 radical (unpaired) electrons. The number of carbonyl (C=O) groups is 1. The summed E-state index contributed by atoms with van der Waals surface area (Å²) in [5.74, 6) is -0.192. The van der Waals surface area contributed by atoms with Crippen LogP contribution in [0, 0.1) is 6.92 Å². The van der Waals surface area contributed by atoms with Gasteiger partial charge in [-0.2, -0.15) is 0 Å². The average Bonchev–Trinajstić information content (AvgIpc) is 2.54. The Bertz CT molecular complexity index is 681. The van der Waals surface area contributed by atoms with Gasteiger partial charge in [-0.1, -0.05) is 0 Å². The van der Waals surface area contributed by atoms with Crippen molar-refractivity contribution >= 4 is 23.4 Å². The standard InChI is InChI=1S/C18H21N3O2/c1-14-11-15(13-19-12-14)3-8-18(23)20-16-4-6-17(7-5-16)21(2)9-10-22/h3-8,11-13,22H,9-10H2,1-2H3,(H,20,23)/b8-3+. The molecular weight excluding hydrogens is 290 g/mol. The quantitative estimate of drug-likeness (QED) is 0.804. The van der Waals surface area contributed by atoms with E-state index in [4.69, 9.17) is 5.11 Å². The Morgan fingerprint density at radius 2 is 2.04 bits per heavy atom. The van der Waals surface area contributed by atoms with E-state index in [2.05, 4.69) is 10.3 Å². The van der Waals surface area contributed by atoms with Crippen molar-refractivity contribution in [3.8, 4) is 0 Å². The predicted octanol–water partition coefficient (Wildman–Crippen LogP) is 2.47. The highest BCUT2D eigenvalue weighted by Crippen LogP contribution is 2.16. The normalized spacial score (nSPS) is 10.7. The Kier molecular flexibility index (Phi) is 5.88. The Morgan fingerprint density at radius 3 is 2.70 bits per heavy atom. The second kappa shape index (κ2) is 8.10. The highest BCUT2D eigenvalue weighted by atomic mass is 16.3. The molecule has 2 aromatic rings. The maximum atomic E-state index is 11.9. The SMILES string of the molecule is Cc1cncc(/C=C/C(=O)Nc2ccc(N(C)CCO)cc2)c1. The molecular formula is C18H21N3O2. The van der Waals surface area contributed by atoms with E-state index in [1.807, 2.05) is 49.2 Å². The topological polar surface area (TPSA) is 65.5 Å². The minimum atomic E-state index is -0.192. The van der Waals surface area contributed by atoms with E-state index in [0.29, 0.717) is 6.54 Å². The number of nitrogens with one attached hydrogen (secondary N) is 1. The third kappa shape index (κ3) is 5.23. The fourth-order valence-corrected chi connectivity index (χ4v) is 2.10. The molecule has 120 valence electrons. The van der Waals surface area contributed by atoms with Crippen LogP contribution in [0.5, 0.6) is 0 Å². The fourth-order valence-electron chi connectivity index (χ4n) is 2.10. The molecule has 1 heterocycles. The number of aromatic nitrogens is 1. The summed E-state index contributed by atoms with van der Waals surface area (Å²) in [4.78, 5) is 18.0. The zero-order chi connectivity index (χ0) is 16.7. The van der Waals surface area contributed by atoms with Gasteiger partial charge in [-0.15, -0.1) is 0 Å². The van der Waals surface area contributed by atoms with Crippen molar-refractivity contribution in [2.75, 3.05) is 30.4 Å². The maximum absolute atomic E-state index is 11.9. The number of likely N-dealkylation sites (N-methyl/N-ethyl adjacent to an activating group) is 1. The number of rotatable bonds is 6. The van der Waals surface area contributed by atoms with Crippen LogP contribution in [-0.4, -0.2) is 36.2 Å². The van der Waals surface area contributed by atoms with Crippen LogP contribution in [0.4, 0.5) is 11.4 Å². The lowest BCUT2D eigenvalue weighted by molar-refractivity contribution is -0.111. The second-order valence-corrected chi connectivity index (χ2v) is 5.31. The zero-order valence-electron chi connectivity index (χ0n) is 13.4. The number of nitrogens with zero attached hydrogens (tertiary/aromatic N) is 2. The van der Waals surface area contributed by atoms with E-state index < -0.39 is 0 Å². The molecule has 0 spiro atoms. The molecule has 1 amide bonds. The Labute approximate surface area is 136 Å². The number of benzene rings is 1. The van der Waals surface area contributed by atoms with Gasteiger partial charge in [0.25, 0.3) is 0 Å². The van der Waals surface area contributed by atoms with Crippen LogP contribution in [-0.2, 0) is 4.79 Å². The van der Waals surface area contributed by atoms with E-state index in [9.17, 15) is 4.79 Å². The number of hydrogen-bond donors (Lipinski definition) is 2. The highest BCUT2D eigenvalue weighted by Gasteiger charge is 2.02. The van der Waals surface area contributed by atoms with Gasteiger partial charge >= 0.3 is 0 Å². The summed E-state index contributed by atoms with van der Waals surface area (Å²) in [6, 6.07) is 9.44. The van der Waals surface area contributed by atoms with Crippen LogP contribution in [0.25, 0.3) is 6.08 Å². The number of carbonyl (C=O) groups excluding carboxylic acids is 1. The van der Waals surface area contributed by atoms with Crippen molar-refractivity contribution in [3.05, 3.63) is 59.9 Å². The van der Waals surface area contributed by atoms with Gasteiger partial charge in [0.05, 0.1) is 6.61 Å². The van der Waals surface area contributed by atoms with Crippen LogP contribution < -0.4 is 10.2 Å². The Morgan fingerprint density at radius 1 is 1.30 bits per heavy atom.